The minimum absolute atomic E-state index is 0.00821. The maximum Gasteiger partial charge on any atom is 0.270 e. The highest BCUT2D eigenvalue weighted by Crippen LogP contribution is 2.34. The largest absolute Gasteiger partial charge is 0.370 e. The number of carbonyl (C=O) groups is 5. The van der Waals surface area contributed by atoms with E-state index in [2.05, 4.69) is 15.5 Å². The van der Waals surface area contributed by atoms with E-state index in [1.165, 1.54) is 12.1 Å². The van der Waals surface area contributed by atoms with Crippen LogP contribution in [0.25, 0.3) is 10.1 Å². The van der Waals surface area contributed by atoms with Crippen LogP contribution in [0, 0.1) is 0 Å². The van der Waals surface area contributed by atoms with Gasteiger partial charge in [0.15, 0.2) is 5.78 Å². The van der Waals surface area contributed by atoms with Crippen molar-refractivity contribution in [2.24, 2.45) is 5.73 Å². The maximum atomic E-state index is 14.3. The zero-order chi connectivity index (χ0) is 38.6. The molecule has 0 unspecified atom stereocenters. The smallest absolute Gasteiger partial charge is 0.270 e. The highest BCUT2D eigenvalue weighted by atomic mass is 32.1. The van der Waals surface area contributed by atoms with E-state index in [9.17, 15) is 32.8 Å². The number of Topliss-reactive ketones (excluding diaryl/α,β-unsaturated/α-hetero) is 1. The van der Waals surface area contributed by atoms with E-state index in [0.717, 1.165) is 29.4 Å². The average molecular weight is 758 g/mol. The molecule has 3 heterocycles. The highest BCUT2D eigenvalue weighted by molar-refractivity contribution is 7.20. The van der Waals surface area contributed by atoms with Gasteiger partial charge in [-0.1, -0.05) is 66.7 Å². The first-order chi connectivity index (χ1) is 25.8. The fourth-order valence-corrected chi connectivity index (χ4v) is 8.51. The molecule has 4 N–H and O–H groups in total. The summed E-state index contributed by atoms with van der Waals surface area (Å²) < 4.78 is 28.6. The van der Waals surface area contributed by atoms with Gasteiger partial charge < -0.3 is 26.2 Å². The third-order valence-electron chi connectivity index (χ3n) is 10.4. The van der Waals surface area contributed by atoms with Crippen molar-refractivity contribution in [2.45, 2.75) is 81.5 Å². The van der Waals surface area contributed by atoms with Crippen LogP contribution >= 0.6 is 11.3 Å². The van der Waals surface area contributed by atoms with Gasteiger partial charge in [0, 0.05) is 55.1 Å². The molecular formula is C41H45F2N5O5S. The number of nitrogens with one attached hydrogen (secondary N) is 2. The molecular weight excluding hydrogens is 713 g/mol. The number of rotatable bonds is 13. The van der Waals surface area contributed by atoms with Gasteiger partial charge in [0.2, 0.25) is 17.7 Å². The first-order valence-corrected chi connectivity index (χ1v) is 19.0. The number of ketones is 1. The summed E-state index contributed by atoms with van der Waals surface area (Å²) in [5, 5.41) is 6.26. The van der Waals surface area contributed by atoms with Crippen LogP contribution < -0.4 is 16.4 Å². The summed E-state index contributed by atoms with van der Waals surface area (Å²) in [5.74, 6) is -5.62. The number of nitrogens with two attached hydrogens (primary N) is 1. The Balaban J connectivity index is 1.20. The third-order valence-corrected chi connectivity index (χ3v) is 11.5. The van der Waals surface area contributed by atoms with E-state index < -0.39 is 47.7 Å². The topological polar surface area (TPSA) is 142 Å². The van der Waals surface area contributed by atoms with Gasteiger partial charge in [-0.15, -0.1) is 11.3 Å². The molecule has 0 bridgehead atoms. The molecule has 13 heteroatoms. The summed E-state index contributed by atoms with van der Waals surface area (Å²) >= 11 is 1.15. The molecule has 2 saturated heterocycles. The molecule has 0 spiro atoms. The number of carbonyl (C=O) groups excluding carboxylic acids is 5. The zero-order valence-corrected chi connectivity index (χ0v) is 31.1. The Hall–Kier alpha value is -5.01. The van der Waals surface area contributed by atoms with Gasteiger partial charge in [-0.2, -0.15) is 0 Å². The summed E-state index contributed by atoms with van der Waals surface area (Å²) in [7, 11) is 1.92. The fourth-order valence-electron chi connectivity index (χ4n) is 7.56. The van der Waals surface area contributed by atoms with Crippen molar-refractivity contribution in [1.29, 1.82) is 0 Å². The van der Waals surface area contributed by atoms with E-state index in [0.29, 0.717) is 36.0 Å². The first-order valence-electron chi connectivity index (χ1n) is 18.2. The number of benzene rings is 3. The Morgan fingerprint density at radius 1 is 0.944 bits per heavy atom. The Labute approximate surface area is 317 Å². The van der Waals surface area contributed by atoms with Crippen LogP contribution in [0.1, 0.15) is 77.7 Å². The number of fused-ring (bicyclic) bond motifs is 2. The van der Waals surface area contributed by atoms with Gasteiger partial charge in [0.05, 0.1) is 10.9 Å². The number of likely N-dealkylation sites (N-methyl/N-ethyl adjacent to an activating group) is 1. The average Bonchev–Trinajstić information content (AvgIpc) is 3.77. The van der Waals surface area contributed by atoms with Gasteiger partial charge in [-0.25, -0.2) is 8.78 Å². The molecule has 2 aliphatic heterocycles. The number of hydrogen-bond donors (Lipinski definition) is 3. The molecule has 54 heavy (non-hydrogen) atoms. The minimum Gasteiger partial charge on any atom is -0.370 e. The zero-order valence-electron chi connectivity index (χ0n) is 30.3. The predicted molar refractivity (Wildman–Crippen MR) is 203 cm³/mol. The summed E-state index contributed by atoms with van der Waals surface area (Å²) in [5.41, 5.74) is 7.19. The summed E-state index contributed by atoms with van der Waals surface area (Å²) in [6, 6.07) is 21.8. The lowest BCUT2D eigenvalue weighted by atomic mass is 9.85. The molecule has 0 saturated carbocycles. The van der Waals surface area contributed by atoms with Gasteiger partial charge >= 0.3 is 0 Å². The molecule has 4 atom stereocenters. The minimum atomic E-state index is -3.03. The quantitative estimate of drug-likeness (QED) is 0.168. The normalized spacial score (nSPS) is 19.9. The molecule has 284 valence electrons. The summed E-state index contributed by atoms with van der Waals surface area (Å²) in [6.45, 7) is 1.86. The molecule has 6 rings (SSSR count). The lowest BCUT2D eigenvalue weighted by Gasteiger charge is -2.38. The van der Waals surface area contributed by atoms with Crippen LogP contribution in [-0.4, -0.2) is 83.5 Å². The molecule has 0 aliphatic carbocycles. The van der Waals surface area contributed by atoms with Crippen molar-refractivity contribution in [3.05, 3.63) is 106 Å². The molecule has 2 fully saturated rings. The monoisotopic (exact) mass is 757 g/mol. The Morgan fingerprint density at radius 3 is 2.24 bits per heavy atom. The molecule has 10 nitrogen and oxygen atoms in total. The maximum absolute atomic E-state index is 14.3. The van der Waals surface area contributed by atoms with Crippen LogP contribution in [0.4, 0.5) is 8.78 Å². The van der Waals surface area contributed by atoms with Gasteiger partial charge in [0.1, 0.15) is 12.1 Å². The number of halogens is 2. The summed E-state index contributed by atoms with van der Waals surface area (Å²) in [6.07, 6.45) is 1.13. The second kappa shape index (κ2) is 16.6. The van der Waals surface area contributed by atoms with Crippen molar-refractivity contribution in [1.82, 2.24) is 20.4 Å². The van der Waals surface area contributed by atoms with Crippen molar-refractivity contribution in [3.8, 4) is 0 Å². The van der Waals surface area contributed by atoms with Crippen molar-refractivity contribution < 1.29 is 32.8 Å². The molecule has 1 aromatic heterocycles. The molecule has 2 aliphatic rings. The van der Waals surface area contributed by atoms with Crippen LogP contribution in [0.15, 0.2) is 84.9 Å². The van der Waals surface area contributed by atoms with E-state index in [4.69, 9.17) is 5.73 Å². The third kappa shape index (κ3) is 9.02. The number of hydrogen-bond acceptors (Lipinski definition) is 7. The van der Waals surface area contributed by atoms with Gasteiger partial charge in [0.25, 0.3) is 11.8 Å². The Bertz CT molecular complexity index is 1960. The number of primary amides is 1. The fraction of sp³-hybridized carbons (Fsp3) is 0.390. The lowest BCUT2D eigenvalue weighted by molar-refractivity contribution is -0.143. The molecule has 0 radical (unpaired) electrons. The SMILES string of the molecule is CN1CC[C@H](NC(=O)c2cc3cc(C(C)(F)F)ccc3s2)C(=O)N2[C@H](CC[C@H]2C(=O)N[C@@H](CCC(N)=O)C(=O)CC(c2ccccc2)c2ccccc2)C1. The molecule has 3 aromatic carbocycles. The van der Waals surface area contributed by atoms with E-state index in [1.54, 1.807) is 17.0 Å². The predicted octanol–water partition coefficient (Wildman–Crippen LogP) is 5.35. The Morgan fingerprint density at radius 2 is 1.61 bits per heavy atom. The second-order valence-electron chi connectivity index (χ2n) is 14.4. The van der Waals surface area contributed by atoms with Crippen LogP contribution in [0.2, 0.25) is 0 Å². The second-order valence-corrected chi connectivity index (χ2v) is 15.5. The van der Waals surface area contributed by atoms with Crippen molar-refractivity contribution in [2.75, 3.05) is 20.1 Å². The summed E-state index contributed by atoms with van der Waals surface area (Å²) in [4.78, 5) is 71.8. The number of alkyl halides is 2. The first kappa shape index (κ1) is 38.7. The number of nitrogens with zero attached hydrogens (tertiary/aromatic N) is 2. The van der Waals surface area contributed by atoms with Crippen LogP contribution in [-0.2, 0) is 25.1 Å². The number of thiophene rings is 1. The van der Waals surface area contributed by atoms with E-state index in [-0.39, 0.29) is 53.9 Å². The number of amides is 4. The molecule has 4 aromatic rings. The van der Waals surface area contributed by atoms with Crippen molar-refractivity contribution >= 4 is 50.8 Å². The van der Waals surface area contributed by atoms with E-state index >= 15 is 0 Å². The van der Waals surface area contributed by atoms with Crippen LogP contribution in [0.3, 0.4) is 0 Å². The van der Waals surface area contributed by atoms with E-state index in [1.807, 2.05) is 67.7 Å². The Kier molecular flexibility index (Phi) is 11.9. The van der Waals surface area contributed by atoms with Crippen LogP contribution in [0.5, 0.6) is 0 Å². The van der Waals surface area contributed by atoms with Crippen molar-refractivity contribution in [3.63, 3.8) is 0 Å². The lowest BCUT2D eigenvalue weighted by Crippen LogP contribution is -2.60. The van der Waals surface area contributed by atoms with Gasteiger partial charge in [-0.3, -0.25) is 24.0 Å². The standard InChI is InChI=1S/C41H45F2N5O5S/c1-41(42,43)28-13-17-35-27(21-28)22-36(54-35)39(52)46-32-19-20-47(2)24-29-14-16-33(48(29)40(32)53)38(51)45-31(15-18-37(44)50)34(49)23-30(25-9-5-3-6-10-25)26-11-7-4-8-12-26/h3-13,17,21-22,29-33H,14-16,18-20,23-24H2,1-2H3,(H2,44,50)(H,45,51)(H,46,52)/t29-,31+,32+,33+/m1/s1. The highest BCUT2D eigenvalue weighted by Gasteiger charge is 2.45. The van der Waals surface area contributed by atoms with Gasteiger partial charge in [-0.05, 0) is 67.4 Å². The molecule has 4 amide bonds.